The van der Waals surface area contributed by atoms with Gasteiger partial charge in [-0.05, 0) is 25.7 Å². The molecule has 0 unspecified atom stereocenters. The highest BCUT2D eigenvalue weighted by Gasteiger charge is 2.28. The minimum absolute atomic E-state index is 0.0693. The number of likely N-dealkylation sites (tertiary alicyclic amines) is 1. The van der Waals surface area contributed by atoms with Crippen molar-refractivity contribution in [3.8, 4) is 0 Å². The summed E-state index contributed by atoms with van der Waals surface area (Å²) in [6, 6.07) is 0.760. The molecule has 0 atom stereocenters. The number of hydrogen-bond acceptors (Lipinski definition) is 3. The smallest absolute Gasteiger partial charge is 0.450 e. The fourth-order valence-corrected chi connectivity index (χ4v) is 2.77. The molecule has 1 saturated heterocycles. The van der Waals surface area contributed by atoms with Gasteiger partial charge in [0.25, 0.3) is 0 Å². The van der Waals surface area contributed by atoms with Crippen molar-refractivity contribution in [1.82, 2.24) is 4.90 Å². The third-order valence-electron chi connectivity index (χ3n) is 3.59. The van der Waals surface area contributed by atoms with Crippen molar-refractivity contribution in [3.63, 3.8) is 0 Å². The van der Waals surface area contributed by atoms with E-state index in [1.165, 1.54) is 25.7 Å². The van der Waals surface area contributed by atoms with E-state index < -0.39 is 6.16 Å². The topological polar surface area (TPSA) is 49.8 Å². The monoisotopic (exact) mass is 213 g/mol. The minimum Gasteiger partial charge on any atom is -0.450 e. The van der Waals surface area contributed by atoms with Gasteiger partial charge in [-0.3, -0.25) is 0 Å². The van der Waals surface area contributed by atoms with Gasteiger partial charge in [-0.2, -0.15) is 0 Å². The van der Waals surface area contributed by atoms with Gasteiger partial charge in [0.1, 0.15) is 6.10 Å². The Balaban J connectivity index is 1.73. The molecule has 2 aliphatic rings. The van der Waals surface area contributed by atoms with Gasteiger partial charge >= 0.3 is 6.16 Å². The molecule has 4 nitrogen and oxygen atoms in total. The van der Waals surface area contributed by atoms with Crippen LogP contribution in [0.1, 0.15) is 38.5 Å². The molecule has 15 heavy (non-hydrogen) atoms. The Kier molecular flexibility index (Phi) is 3.46. The molecular formula is C11H19NO3. The molecular weight excluding hydrogens is 194 g/mol. The highest BCUT2D eigenvalue weighted by molar-refractivity contribution is 5.57. The van der Waals surface area contributed by atoms with Crippen molar-refractivity contribution in [1.29, 1.82) is 0 Å². The second-order valence-corrected chi connectivity index (χ2v) is 4.56. The Bertz CT molecular complexity index is 218. The molecule has 1 aliphatic heterocycles. The van der Waals surface area contributed by atoms with Crippen LogP contribution in [0.2, 0.25) is 0 Å². The molecule has 0 amide bonds. The van der Waals surface area contributed by atoms with Crippen LogP contribution < -0.4 is 0 Å². The molecule has 0 aromatic carbocycles. The average molecular weight is 213 g/mol. The number of nitrogens with zero attached hydrogens (tertiary/aromatic N) is 1. The second kappa shape index (κ2) is 4.84. The summed E-state index contributed by atoms with van der Waals surface area (Å²) in [5, 5.41) is 8.51. The number of carboxylic acid groups (broad SMARTS) is 1. The number of hydrogen-bond donors (Lipinski definition) is 1. The zero-order chi connectivity index (χ0) is 10.7. The summed E-state index contributed by atoms with van der Waals surface area (Å²) in [6.07, 6.45) is 5.89. The molecule has 1 N–H and O–H groups in total. The van der Waals surface area contributed by atoms with Crippen LogP contribution >= 0.6 is 0 Å². The summed E-state index contributed by atoms with van der Waals surface area (Å²) >= 11 is 0. The molecule has 1 aliphatic carbocycles. The Morgan fingerprint density at radius 1 is 1.13 bits per heavy atom. The van der Waals surface area contributed by atoms with Gasteiger partial charge in [-0.1, -0.05) is 12.8 Å². The number of piperidine rings is 1. The highest BCUT2D eigenvalue weighted by Crippen LogP contribution is 2.26. The van der Waals surface area contributed by atoms with Crippen LogP contribution in [-0.4, -0.2) is 41.4 Å². The van der Waals surface area contributed by atoms with Gasteiger partial charge in [0, 0.05) is 19.1 Å². The second-order valence-electron chi connectivity index (χ2n) is 4.56. The largest absolute Gasteiger partial charge is 0.506 e. The van der Waals surface area contributed by atoms with Crippen LogP contribution in [0.25, 0.3) is 0 Å². The van der Waals surface area contributed by atoms with E-state index in [0.717, 1.165) is 32.0 Å². The molecule has 0 spiro atoms. The van der Waals surface area contributed by atoms with Crippen molar-refractivity contribution in [3.05, 3.63) is 0 Å². The first kappa shape index (κ1) is 10.7. The first-order valence-electron chi connectivity index (χ1n) is 5.89. The zero-order valence-corrected chi connectivity index (χ0v) is 9.02. The fraction of sp³-hybridized carbons (Fsp3) is 0.909. The fourth-order valence-electron chi connectivity index (χ4n) is 2.77. The quantitative estimate of drug-likeness (QED) is 0.713. The molecule has 0 aromatic heterocycles. The average Bonchev–Trinajstić information content (AvgIpc) is 2.71. The van der Waals surface area contributed by atoms with E-state index in [-0.39, 0.29) is 6.10 Å². The van der Waals surface area contributed by atoms with Crippen LogP contribution in [0.15, 0.2) is 0 Å². The Morgan fingerprint density at radius 3 is 2.27 bits per heavy atom. The van der Waals surface area contributed by atoms with Crippen molar-refractivity contribution >= 4 is 6.16 Å². The SMILES string of the molecule is O=C(O)OC1CCN(C2CCCC2)CC1. The van der Waals surface area contributed by atoms with Gasteiger partial charge in [-0.15, -0.1) is 0 Å². The lowest BCUT2D eigenvalue weighted by Crippen LogP contribution is -2.42. The molecule has 0 aromatic rings. The van der Waals surface area contributed by atoms with Crippen LogP contribution in [0, 0.1) is 0 Å². The van der Waals surface area contributed by atoms with E-state index in [1.54, 1.807) is 0 Å². The van der Waals surface area contributed by atoms with E-state index in [0.29, 0.717) is 0 Å². The minimum atomic E-state index is -1.13. The maximum Gasteiger partial charge on any atom is 0.506 e. The lowest BCUT2D eigenvalue weighted by molar-refractivity contribution is 0.0122. The Morgan fingerprint density at radius 2 is 1.73 bits per heavy atom. The highest BCUT2D eigenvalue weighted by atomic mass is 16.7. The Hall–Kier alpha value is -0.770. The Labute approximate surface area is 90.2 Å². The lowest BCUT2D eigenvalue weighted by atomic mass is 10.0. The predicted molar refractivity (Wildman–Crippen MR) is 56.0 cm³/mol. The summed E-state index contributed by atoms with van der Waals surface area (Å²) in [7, 11) is 0. The van der Waals surface area contributed by atoms with Crippen molar-refractivity contribution < 1.29 is 14.6 Å². The van der Waals surface area contributed by atoms with E-state index in [4.69, 9.17) is 9.84 Å². The molecule has 0 radical (unpaired) electrons. The van der Waals surface area contributed by atoms with Crippen LogP contribution in [0.5, 0.6) is 0 Å². The molecule has 0 bridgehead atoms. The van der Waals surface area contributed by atoms with Crippen LogP contribution in [0.3, 0.4) is 0 Å². The summed E-state index contributed by atoms with van der Waals surface area (Å²) in [5.41, 5.74) is 0. The molecule has 1 heterocycles. The third kappa shape index (κ3) is 2.84. The summed E-state index contributed by atoms with van der Waals surface area (Å²) in [4.78, 5) is 12.9. The maximum absolute atomic E-state index is 10.4. The number of carbonyl (C=O) groups is 1. The first-order valence-corrected chi connectivity index (χ1v) is 5.89. The van der Waals surface area contributed by atoms with Gasteiger partial charge in [0.15, 0.2) is 0 Å². The molecule has 1 saturated carbocycles. The van der Waals surface area contributed by atoms with Crippen LogP contribution in [0.4, 0.5) is 4.79 Å². The zero-order valence-electron chi connectivity index (χ0n) is 9.02. The molecule has 2 fully saturated rings. The first-order chi connectivity index (χ1) is 7.25. The van der Waals surface area contributed by atoms with Crippen molar-refractivity contribution in [2.45, 2.75) is 50.7 Å². The van der Waals surface area contributed by atoms with Crippen molar-refractivity contribution in [2.75, 3.05) is 13.1 Å². The van der Waals surface area contributed by atoms with Crippen LogP contribution in [-0.2, 0) is 4.74 Å². The summed E-state index contributed by atoms with van der Waals surface area (Å²) in [5.74, 6) is 0. The van der Waals surface area contributed by atoms with Gasteiger partial charge in [0.05, 0.1) is 0 Å². The molecule has 86 valence electrons. The lowest BCUT2D eigenvalue weighted by Gasteiger charge is -2.35. The number of rotatable bonds is 2. The van der Waals surface area contributed by atoms with E-state index in [9.17, 15) is 4.79 Å². The van der Waals surface area contributed by atoms with Gasteiger partial charge in [-0.25, -0.2) is 4.79 Å². The summed E-state index contributed by atoms with van der Waals surface area (Å²) in [6.45, 7) is 2.01. The van der Waals surface area contributed by atoms with Gasteiger partial charge < -0.3 is 14.7 Å². The normalized spacial score (nSPS) is 25.6. The number of ether oxygens (including phenoxy) is 1. The standard InChI is InChI=1S/C11H19NO3/c13-11(14)15-10-5-7-12(8-6-10)9-3-1-2-4-9/h9-10H,1-8H2,(H,13,14). The summed E-state index contributed by atoms with van der Waals surface area (Å²) < 4.78 is 4.79. The third-order valence-corrected chi connectivity index (χ3v) is 3.59. The molecule has 4 heteroatoms. The maximum atomic E-state index is 10.4. The van der Waals surface area contributed by atoms with Crippen molar-refractivity contribution in [2.24, 2.45) is 0 Å². The van der Waals surface area contributed by atoms with E-state index in [2.05, 4.69) is 4.90 Å². The van der Waals surface area contributed by atoms with Gasteiger partial charge in [0.2, 0.25) is 0 Å². The van der Waals surface area contributed by atoms with E-state index >= 15 is 0 Å². The predicted octanol–water partition coefficient (Wildman–Crippen LogP) is 2.09. The van der Waals surface area contributed by atoms with E-state index in [1.807, 2.05) is 0 Å². The molecule has 2 rings (SSSR count).